The van der Waals surface area contributed by atoms with Gasteiger partial charge in [-0.2, -0.15) is 0 Å². The van der Waals surface area contributed by atoms with Crippen LogP contribution in [0.1, 0.15) is 5.56 Å². The molecule has 0 unspecified atom stereocenters. The second-order valence-corrected chi connectivity index (χ2v) is 7.98. The number of pyridine rings is 2. The number of carbonyl (C=O) groups is 1. The largest absolute Gasteiger partial charge is 0.496 e. The topological polar surface area (TPSA) is 97.1 Å². The Kier molecular flexibility index (Phi) is 5.75. The number of aryl methyl sites for hydroxylation is 1. The van der Waals surface area contributed by atoms with E-state index >= 15 is 0 Å². The van der Waals surface area contributed by atoms with Crippen molar-refractivity contribution in [1.29, 1.82) is 0 Å². The number of likely N-dealkylation sites (tertiary alicyclic amines) is 1. The fourth-order valence-electron chi connectivity index (χ4n) is 4.13. The van der Waals surface area contributed by atoms with E-state index in [1.165, 1.54) is 4.90 Å². The third kappa shape index (κ3) is 3.75. The van der Waals surface area contributed by atoms with Gasteiger partial charge in [0.05, 0.1) is 31.2 Å². The molecule has 9 nitrogen and oxygen atoms in total. The van der Waals surface area contributed by atoms with Gasteiger partial charge in [0, 0.05) is 57.9 Å². The lowest BCUT2D eigenvalue weighted by Crippen LogP contribution is -2.58. The van der Waals surface area contributed by atoms with Crippen LogP contribution in [0.4, 0.5) is 4.79 Å². The average Bonchev–Trinajstić information content (AvgIpc) is 2.77. The molecule has 0 radical (unpaired) electrons. The number of nitrogens with zero attached hydrogens (tertiary/aromatic N) is 4. The molecule has 1 amide bonds. The molecule has 1 saturated heterocycles. The van der Waals surface area contributed by atoms with Crippen molar-refractivity contribution < 1.29 is 19.4 Å². The van der Waals surface area contributed by atoms with E-state index in [1.54, 1.807) is 51.5 Å². The summed E-state index contributed by atoms with van der Waals surface area (Å²) < 4.78 is 13.0. The first-order valence-corrected chi connectivity index (χ1v) is 10.2. The Labute approximate surface area is 185 Å². The van der Waals surface area contributed by atoms with Crippen LogP contribution in [-0.2, 0) is 13.6 Å². The number of benzene rings is 1. The summed E-state index contributed by atoms with van der Waals surface area (Å²) in [6.07, 6.45) is 4.13. The number of carboxylic acid groups (broad SMARTS) is 1. The lowest BCUT2D eigenvalue weighted by Gasteiger charge is -2.43. The summed E-state index contributed by atoms with van der Waals surface area (Å²) in [5, 5.41) is 10.5. The molecule has 1 aromatic carbocycles. The zero-order valence-electron chi connectivity index (χ0n) is 18.5. The summed E-state index contributed by atoms with van der Waals surface area (Å²) >= 11 is 0. The first-order chi connectivity index (χ1) is 15.3. The van der Waals surface area contributed by atoms with Crippen molar-refractivity contribution in [2.24, 2.45) is 7.05 Å². The third-order valence-electron chi connectivity index (χ3n) is 6.07. The van der Waals surface area contributed by atoms with Crippen LogP contribution in [0.25, 0.3) is 21.9 Å². The summed E-state index contributed by atoms with van der Waals surface area (Å²) in [4.78, 5) is 31.3. The lowest BCUT2D eigenvalue weighted by atomic mass is 9.98. The van der Waals surface area contributed by atoms with E-state index in [4.69, 9.17) is 14.6 Å². The van der Waals surface area contributed by atoms with Gasteiger partial charge >= 0.3 is 6.09 Å². The van der Waals surface area contributed by atoms with Gasteiger partial charge in [-0.25, -0.2) is 4.79 Å². The van der Waals surface area contributed by atoms with Gasteiger partial charge in [0.15, 0.2) is 0 Å². The Hall–Kier alpha value is -3.59. The SMILES string of the molecule is COc1cc(-c2cn(C)c(=O)c3cnccc23)cc(OC)c1CN1CC(N(C)C(=O)O)C1. The summed E-state index contributed by atoms with van der Waals surface area (Å²) in [7, 11) is 6.53. The predicted octanol–water partition coefficient (Wildman–Crippen LogP) is 2.41. The van der Waals surface area contributed by atoms with E-state index in [0.717, 1.165) is 22.1 Å². The summed E-state index contributed by atoms with van der Waals surface area (Å²) in [5.74, 6) is 1.34. The molecule has 0 aliphatic carbocycles. The van der Waals surface area contributed by atoms with Crippen molar-refractivity contribution in [3.63, 3.8) is 0 Å². The molecule has 1 fully saturated rings. The quantitative estimate of drug-likeness (QED) is 0.631. The number of hydrogen-bond acceptors (Lipinski definition) is 6. The van der Waals surface area contributed by atoms with Crippen molar-refractivity contribution in [2.75, 3.05) is 34.4 Å². The Balaban J connectivity index is 1.71. The maximum atomic E-state index is 12.5. The molecule has 3 aromatic rings. The molecular weight excluding hydrogens is 412 g/mol. The van der Waals surface area contributed by atoms with Crippen LogP contribution in [-0.4, -0.2) is 70.9 Å². The van der Waals surface area contributed by atoms with Crippen LogP contribution in [0.2, 0.25) is 0 Å². The number of fused-ring (bicyclic) bond motifs is 1. The monoisotopic (exact) mass is 438 g/mol. The summed E-state index contributed by atoms with van der Waals surface area (Å²) in [6.45, 7) is 1.87. The van der Waals surface area contributed by atoms with Crippen LogP contribution in [0.15, 0.2) is 41.6 Å². The van der Waals surface area contributed by atoms with E-state index in [0.29, 0.717) is 36.5 Å². The number of ether oxygens (including phenoxy) is 2. The van der Waals surface area contributed by atoms with E-state index in [9.17, 15) is 9.59 Å². The molecule has 0 spiro atoms. The van der Waals surface area contributed by atoms with Gasteiger partial charge in [-0.15, -0.1) is 0 Å². The first-order valence-electron chi connectivity index (χ1n) is 10.2. The normalized spacial score (nSPS) is 14.2. The number of methoxy groups -OCH3 is 2. The maximum absolute atomic E-state index is 12.5. The Bertz CT molecular complexity index is 1210. The molecule has 168 valence electrons. The van der Waals surface area contributed by atoms with Gasteiger partial charge < -0.3 is 24.0 Å². The van der Waals surface area contributed by atoms with Crippen LogP contribution < -0.4 is 15.0 Å². The minimum atomic E-state index is -0.922. The molecule has 3 heterocycles. The van der Waals surface area contributed by atoms with E-state index in [-0.39, 0.29) is 11.6 Å². The smallest absolute Gasteiger partial charge is 0.407 e. The van der Waals surface area contributed by atoms with Gasteiger partial charge in [0.1, 0.15) is 11.5 Å². The Morgan fingerprint density at radius 1 is 1.22 bits per heavy atom. The van der Waals surface area contributed by atoms with Gasteiger partial charge in [0.25, 0.3) is 5.56 Å². The Morgan fingerprint density at radius 2 is 1.88 bits per heavy atom. The van der Waals surface area contributed by atoms with Crippen LogP contribution in [0.5, 0.6) is 11.5 Å². The number of hydrogen-bond donors (Lipinski definition) is 1. The molecule has 9 heteroatoms. The van der Waals surface area contributed by atoms with Gasteiger partial charge in [-0.05, 0) is 29.1 Å². The molecule has 32 heavy (non-hydrogen) atoms. The van der Waals surface area contributed by atoms with Gasteiger partial charge in [-0.1, -0.05) is 0 Å². The van der Waals surface area contributed by atoms with Crippen molar-refractivity contribution in [2.45, 2.75) is 12.6 Å². The number of rotatable bonds is 6. The molecule has 0 atom stereocenters. The van der Waals surface area contributed by atoms with Crippen molar-refractivity contribution in [3.8, 4) is 22.6 Å². The molecule has 1 aliphatic heterocycles. The molecule has 0 bridgehead atoms. The van der Waals surface area contributed by atoms with Crippen LogP contribution in [0.3, 0.4) is 0 Å². The molecular formula is C23H26N4O5. The van der Waals surface area contributed by atoms with E-state index < -0.39 is 6.09 Å². The fourth-order valence-corrected chi connectivity index (χ4v) is 4.13. The minimum Gasteiger partial charge on any atom is -0.496 e. The molecule has 1 aliphatic rings. The highest BCUT2D eigenvalue weighted by Gasteiger charge is 2.33. The van der Waals surface area contributed by atoms with Crippen LogP contribution in [0, 0.1) is 0 Å². The molecule has 0 saturated carbocycles. The molecule has 2 aromatic heterocycles. The van der Waals surface area contributed by atoms with Crippen LogP contribution >= 0.6 is 0 Å². The minimum absolute atomic E-state index is 0.0191. The highest BCUT2D eigenvalue weighted by molar-refractivity contribution is 5.95. The van der Waals surface area contributed by atoms with Crippen molar-refractivity contribution >= 4 is 16.9 Å². The Morgan fingerprint density at radius 3 is 2.47 bits per heavy atom. The average molecular weight is 438 g/mol. The third-order valence-corrected chi connectivity index (χ3v) is 6.07. The summed E-state index contributed by atoms with van der Waals surface area (Å²) in [5.41, 5.74) is 2.53. The molecule has 1 N–H and O–H groups in total. The van der Waals surface area contributed by atoms with Crippen molar-refractivity contribution in [1.82, 2.24) is 19.4 Å². The first kappa shape index (κ1) is 21.6. The van der Waals surface area contributed by atoms with E-state index in [2.05, 4.69) is 9.88 Å². The number of aromatic nitrogens is 2. The van der Waals surface area contributed by atoms with Crippen molar-refractivity contribution in [3.05, 3.63) is 52.7 Å². The zero-order valence-corrected chi connectivity index (χ0v) is 18.5. The van der Waals surface area contributed by atoms with Gasteiger partial charge in [-0.3, -0.25) is 14.7 Å². The zero-order chi connectivity index (χ0) is 23.0. The molecule has 4 rings (SSSR count). The second kappa shape index (κ2) is 8.51. The number of likely N-dealkylation sites (N-methyl/N-ethyl adjacent to an activating group) is 1. The summed E-state index contributed by atoms with van der Waals surface area (Å²) in [6, 6.07) is 5.70. The maximum Gasteiger partial charge on any atom is 0.407 e. The number of amides is 1. The lowest BCUT2D eigenvalue weighted by molar-refractivity contribution is 0.0434. The predicted molar refractivity (Wildman–Crippen MR) is 120 cm³/mol. The standard InChI is InChI=1S/C23H26N4O5/c1-25-12-18(16-5-6-24-9-17(16)22(25)28)14-7-20(31-3)19(21(8-14)32-4)13-27-10-15(11-27)26(2)23(29)30/h5-9,12,15H,10-11,13H2,1-4H3,(H,29,30). The fraction of sp³-hybridized carbons (Fsp3) is 0.348. The van der Waals surface area contributed by atoms with E-state index in [1.807, 2.05) is 18.2 Å². The highest BCUT2D eigenvalue weighted by Crippen LogP contribution is 2.38. The highest BCUT2D eigenvalue weighted by atomic mass is 16.5. The second-order valence-electron chi connectivity index (χ2n) is 7.98. The van der Waals surface area contributed by atoms with Gasteiger partial charge in [0.2, 0.25) is 0 Å².